The Morgan fingerprint density at radius 1 is 1.00 bits per heavy atom. The molecule has 0 aliphatic heterocycles. The monoisotopic (exact) mass is 190 g/mol. The lowest BCUT2D eigenvalue weighted by Gasteiger charge is -1.83. The highest BCUT2D eigenvalue weighted by molar-refractivity contribution is 6.29. The van der Waals surface area contributed by atoms with Crippen molar-refractivity contribution in [2.24, 2.45) is 0 Å². The Morgan fingerprint density at radius 3 is 1.50 bits per heavy atom. The zero-order valence-electron chi connectivity index (χ0n) is 4.21. The summed E-state index contributed by atoms with van der Waals surface area (Å²) in [5, 5.41) is 0. The van der Waals surface area contributed by atoms with Crippen molar-refractivity contribution in [2.45, 2.75) is 0 Å². The topological polar surface area (TPSA) is 98.7 Å². The molecule has 8 heteroatoms. The van der Waals surface area contributed by atoms with E-state index in [1.165, 1.54) is 0 Å². The largest absolute Gasteiger partial charge is 0.495 e. The van der Waals surface area contributed by atoms with Crippen LogP contribution in [-0.2, 0) is 18.2 Å². The van der Waals surface area contributed by atoms with Gasteiger partial charge < -0.3 is 9.32 Å². The van der Waals surface area contributed by atoms with Gasteiger partial charge in [0, 0.05) is 0 Å². The van der Waals surface area contributed by atoms with Crippen LogP contribution < -0.4 is 9.32 Å². The van der Waals surface area contributed by atoms with Crippen molar-refractivity contribution < 1.29 is 50.1 Å². The van der Waals surface area contributed by atoms with Crippen LogP contribution in [-0.4, -0.2) is 11.9 Å². The molecule has 58 valence electrons. The minimum absolute atomic E-state index is 0.140. The van der Waals surface area contributed by atoms with Crippen LogP contribution in [0.15, 0.2) is 0 Å². The number of rotatable bonds is 2. The van der Waals surface area contributed by atoms with E-state index in [0.29, 0.717) is 0 Å². The van der Waals surface area contributed by atoms with Gasteiger partial charge in [-0.3, -0.25) is 0 Å². The minimum Gasteiger partial charge on any atom is -0.495 e. The molecule has 0 spiro atoms. The molecule has 0 saturated carbocycles. The Balaban J connectivity index is 3.60. The number of hydrogen-bond acceptors (Lipinski definition) is 6. The lowest BCUT2D eigenvalue weighted by Crippen LogP contribution is -2.24. The molecular formula is C2Cl2O6. The van der Waals surface area contributed by atoms with Gasteiger partial charge in [0.2, 0.25) is 0 Å². The Kier molecular flexibility index (Phi) is 4.95. The molecule has 0 aromatic carbocycles. The Bertz CT molecular complexity index is 118. The summed E-state index contributed by atoms with van der Waals surface area (Å²) in [5.41, 5.74) is 0. The summed E-state index contributed by atoms with van der Waals surface area (Å²) in [6.45, 7) is 0. The average Bonchev–Trinajstić information content (AvgIpc) is 1.89. The molecule has 0 rings (SSSR count). The molecule has 0 bridgehead atoms. The second-order valence-corrected chi connectivity index (χ2v) is 1.42. The average molecular weight is 191 g/mol. The van der Waals surface area contributed by atoms with Crippen LogP contribution >= 0.6 is 0 Å². The second kappa shape index (κ2) is 5.24. The summed E-state index contributed by atoms with van der Waals surface area (Å²) in [5.74, 6) is -3.07. The number of carbonyl (C=O) groups excluding carboxylic acids is 2. The molecule has 0 radical (unpaired) electrons. The van der Waals surface area contributed by atoms with Crippen LogP contribution in [0.5, 0.6) is 0 Å². The first-order valence-electron chi connectivity index (χ1n) is 1.68. The molecule has 10 heavy (non-hydrogen) atoms. The van der Waals surface area contributed by atoms with Crippen molar-refractivity contribution in [2.75, 3.05) is 0 Å². The molecular weight excluding hydrogens is 191 g/mol. The molecule has 0 aliphatic carbocycles. The van der Waals surface area contributed by atoms with E-state index in [0.717, 1.165) is 0 Å². The summed E-state index contributed by atoms with van der Waals surface area (Å²) in [7, 11) is 0. The van der Waals surface area contributed by atoms with E-state index in [9.17, 15) is 18.9 Å². The third-order valence-electron chi connectivity index (χ3n) is 0.370. The lowest BCUT2D eigenvalue weighted by molar-refractivity contribution is -1.26. The van der Waals surface area contributed by atoms with Gasteiger partial charge in [-0.15, -0.1) is 0 Å². The van der Waals surface area contributed by atoms with E-state index < -0.39 is 11.9 Å². The van der Waals surface area contributed by atoms with Gasteiger partial charge in [0.1, 0.15) is 0 Å². The molecule has 6 nitrogen and oxygen atoms in total. The smallest absolute Gasteiger partial charge is 0.490 e. The standard InChI is InChI=1S/C2Cl2O6/c5-1(9-3-7)2(6)10-4-8. The molecule has 0 fully saturated rings. The van der Waals surface area contributed by atoms with Crippen LogP contribution in [0.3, 0.4) is 0 Å². The fourth-order valence-corrected chi connectivity index (χ4v) is 0.361. The zero-order valence-corrected chi connectivity index (χ0v) is 5.72. The van der Waals surface area contributed by atoms with Gasteiger partial charge in [0.05, 0.1) is 0 Å². The first-order valence-corrected chi connectivity index (χ1v) is 2.92. The maximum absolute atomic E-state index is 10.0. The Labute approximate surface area is 62.9 Å². The predicted octanol–water partition coefficient (Wildman–Crippen LogP) is -3.38. The van der Waals surface area contributed by atoms with E-state index in [1.54, 1.807) is 0 Å². The van der Waals surface area contributed by atoms with Gasteiger partial charge in [-0.1, -0.05) is 0 Å². The third-order valence-corrected chi connectivity index (χ3v) is 0.776. The summed E-state index contributed by atoms with van der Waals surface area (Å²) >= 11 is -0.279. The highest BCUT2D eigenvalue weighted by atomic mass is 35.6. The van der Waals surface area contributed by atoms with Gasteiger partial charge in [-0.05, 0) is 0 Å². The van der Waals surface area contributed by atoms with Crippen molar-refractivity contribution >= 4 is 11.9 Å². The first kappa shape index (κ1) is 9.44. The van der Waals surface area contributed by atoms with Crippen molar-refractivity contribution in [3.63, 3.8) is 0 Å². The molecule has 0 heterocycles. The fourth-order valence-electron chi connectivity index (χ4n) is 0.120. The van der Waals surface area contributed by atoms with Crippen molar-refractivity contribution in [1.29, 1.82) is 0 Å². The zero-order chi connectivity index (χ0) is 7.98. The highest BCUT2D eigenvalue weighted by Crippen LogP contribution is 1.81. The SMILES string of the molecule is O=C(O[Cl+][O-])C(=O)O[Cl+][O-]. The second-order valence-electron chi connectivity index (χ2n) is 0.855. The van der Waals surface area contributed by atoms with E-state index in [-0.39, 0.29) is 22.7 Å². The van der Waals surface area contributed by atoms with Crippen LogP contribution in [0, 0.1) is 22.7 Å². The third kappa shape index (κ3) is 3.46. The van der Waals surface area contributed by atoms with Crippen LogP contribution in [0.1, 0.15) is 0 Å². The van der Waals surface area contributed by atoms with Crippen molar-refractivity contribution in [3.05, 3.63) is 0 Å². The molecule has 0 aromatic heterocycles. The maximum Gasteiger partial charge on any atom is 0.490 e. The van der Waals surface area contributed by atoms with E-state index >= 15 is 0 Å². The van der Waals surface area contributed by atoms with E-state index in [2.05, 4.69) is 8.58 Å². The van der Waals surface area contributed by atoms with Gasteiger partial charge in [-0.2, -0.15) is 8.58 Å². The molecule has 0 amide bonds. The van der Waals surface area contributed by atoms with Crippen molar-refractivity contribution in [1.82, 2.24) is 0 Å². The summed E-state index contributed by atoms with van der Waals surface area (Å²) in [6.07, 6.45) is 0. The highest BCUT2D eigenvalue weighted by Gasteiger charge is 2.26. The first-order chi connectivity index (χ1) is 4.72. The normalized spacial score (nSPS) is 8.60. The van der Waals surface area contributed by atoms with Crippen LogP contribution in [0.25, 0.3) is 0 Å². The number of halogens is 2. The van der Waals surface area contributed by atoms with E-state index in [4.69, 9.17) is 0 Å². The molecule has 0 N–H and O–H groups in total. The molecule has 0 saturated heterocycles. The summed E-state index contributed by atoms with van der Waals surface area (Å²) < 4.78 is 25.7. The molecule has 0 aliphatic rings. The quantitative estimate of drug-likeness (QED) is 0.422. The van der Waals surface area contributed by atoms with E-state index in [1.807, 2.05) is 0 Å². The predicted molar refractivity (Wildman–Crippen MR) is 12.2 cm³/mol. The number of hydrogen-bond donors (Lipinski definition) is 0. The molecule has 0 atom stereocenters. The van der Waals surface area contributed by atoms with Gasteiger partial charge >= 0.3 is 34.6 Å². The minimum atomic E-state index is -1.54. The summed E-state index contributed by atoms with van der Waals surface area (Å²) in [6, 6.07) is 0. The van der Waals surface area contributed by atoms with Crippen LogP contribution in [0.2, 0.25) is 0 Å². The molecule has 0 unspecified atom stereocenters. The van der Waals surface area contributed by atoms with Gasteiger partial charge in [0.15, 0.2) is 0 Å². The Hall–Kier alpha value is -0.560. The molecule has 0 aromatic rings. The maximum atomic E-state index is 10.0. The Morgan fingerprint density at radius 2 is 1.30 bits per heavy atom. The fraction of sp³-hybridized carbons (Fsp3) is 0. The van der Waals surface area contributed by atoms with Crippen molar-refractivity contribution in [3.8, 4) is 0 Å². The van der Waals surface area contributed by atoms with Gasteiger partial charge in [0.25, 0.3) is 0 Å². The van der Waals surface area contributed by atoms with Gasteiger partial charge in [-0.25, -0.2) is 9.59 Å². The number of carbonyl (C=O) groups is 2. The van der Waals surface area contributed by atoms with Crippen LogP contribution in [0.4, 0.5) is 0 Å². The summed E-state index contributed by atoms with van der Waals surface area (Å²) in [4.78, 5) is 20.1. The lowest BCUT2D eigenvalue weighted by atomic mass is 10.7.